The second kappa shape index (κ2) is 9.26. The second-order valence-electron chi connectivity index (χ2n) is 7.32. The number of carboxylic acid groups (broad SMARTS) is 1. The smallest absolute Gasteiger partial charge is 0.490 e. The first-order valence-electron chi connectivity index (χ1n) is 9.14. The maximum atomic E-state index is 10.6. The maximum absolute atomic E-state index is 10.6. The van der Waals surface area contributed by atoms with Gasteiger partial charge in [-0.1, -0.05) is 38.1 Å². The third-order valence-corrected chi connectivity index (χ3v) is 4.53. The number of rotatable bonds is 4. The monoisotopic (exact) mass is 385 g/mol. The van der Waals surface area contributed by atoms with Crippen molar-refractivity contribution in [2.75, 3.05) is 0 Å². The molecule has 1 aromatic rings. The fraction of sp³-hybridized carbons (Fsp3) is 0.550. The van der Waals surface area contributed by atoms with E-state index in [1.165, 1.54) is 18.4 Å². The van der Waals surface area contributed by atoms with E-state index in [-0.39, 0.29) is 0 Å². The number of benzene rings is 1. The minimum absolute atomic E-state index is 0.394. The average Bonchev–Trinajstić information content (AvgIpc) is 2.92. The van der Waals surface area contributed by atoms with Crippen LogP contribution in [0.1, 0.15) is 45.1 Å². The molecule has 1 unspecified atom stereocenters. The lowest BCUT2D eigenvalue weighted by Gasteiger charge is -2.29. The topological polar surface area (TPSA) is 58.6 Å². The van der Waals surface area contributed by atoms with E-state index in [1.54, 1.807) is 0 Å². The largest absolute Gasteiger partial charge is 0.490 e. The Morgan fingerprint density at radius 1 is 1.19 bits per heavy atom. The number of hydrogen-bond acceptors (Lipinski definition) is 3. The fourth-order valence-corrected chi connectivity index (χ4v) is 3.25. The zero-order valence-corrected chi connectivity index (χ0v) is 15.5. The highest BCUT2D eigenvalue weighted by Crippen LogP contribution is 2.29. The van der Waals surface area contributed by atoms with Crippen molar-refractivity contribution in [1.29, 1.82) is 0 Å². The summed E-state index contributed by atoms with van der Waals surface area (Å²) < 4.78 is 37.9. The molecule has 0 radical (unpaired) electrons. The number of allylic oxidation sites excluding steroid dienone is 1. The number of halogens is 3. The van der Waals surface area contributed by atoms with E-state index in [2.05, 4.69) is 55.6 Å². The van der Waals surface area contributed by atoms with Crippen molar-refractivity contribution in [3.8, 4) is 5.75 Å². The van der Waals surface area contributed by atoms with Gasteiger partial charge in [-0.3, -0.25) is 0 Å². The van der Waals surface area contributed by atoms with Crippen LogP contribution in [0.3, 0.4) is 0 Å². The molecular weight excluding hydrogens is 359 g/mol. The van der Waals surface area contributed by atoms with E-state index in [0.29, 0.717) is 24.1 Å². The van der Waals surface area contributed by atoms with Crippen molar-refractivity contribution in [1.82, 2.24) is 5.32 Å². The van der Waals surface area contributed by atoms with Gasteiger partial charge in [0.05, 0.1) is 0 Å². The summed E-state index contributed by atoms with van der Waals surface area (Å²) in [7, 11) is 0. The molecule has 3 atom stereocenters. The van der Waals surface area contributed by atoms with Crippen LogP contribution in [0.25, 0.3) is 6.08 Å². The van der Waals surface area contributed by atoms with E-state index in [1.807, 2.05) is 0 Å². The summed E-state index contributed by atoms with van der Waals surface area (Å²) in [6.45, 7) is 4.39. The zero-order valence-electron chi connectivity index (χ0n) is 15.5. The van der Waals surface area contributed by atoms with Crippen molar-refractivity contribution in [3.05, 3.63) is 35.9 Å². The molecule has 3 rings (SSSR count). The summed E-state index contributed by atoms with van der Waals surface area (Å²) in [5.41, 5.74) is 1.25. The molecule has 0 saturated carbocycles. The van der Waals surface area contributed by atoms with Gasteiger partial charge in [0.25, 0.3) is 0 Å². The number of nitrogens with one attached hydrogen (secondary N) is 1. The molecule has 0 aromatic heterocycles. The highest BCUT2D eigenvalue weighted by molar-refractivity contribution is 5.73. The minimum Gasteiger partial charge on any atom is -0.490 e. The molecule has 27 heavy (non-hydrogen) atoms. The fourth-order valence-electron chi connectivity index (χ4n) is 3.25. The Kier molecular flexibility index (Phi) is 7.30. The molecule has 2 heterocycles. The van der Waals surface area contributed by atoms with Crippen LogP contribution in [-0.4, -0.2) is 35.4 Å². The SMILES string of the molecule is CC(C)/C=C/c1ccc(OC2C[C@H]3CC[C@@H](C2)N3)cc1.O=C(O)C(F)(F)F. The average molecular weight is 385 g/mol. The van der Waals surface area contributed by atoms with Crippen LogP contribution < -0.4 is 10.1 Å². The van der Waals surface area contributed by atoms with Crippen LogP contribution in [0, 0.1) is 5.92 Å². The van der Waals surface area contributed by atoms with E-state index >= 15 is 0 Å². The van der Waals surface area contributed by atoms with E-state index in [0.717, 1.165) is 18.6 Å². The van der Waals surface area contributed by atoms with Gasteiger partial charge >= 0.3 is 12.1 Å². The highest BCUT2D eigenvalue weighted by Gasteiger charge is 2.38. The number of carboxylic acids is 1. The first-order chi connectivity index (χ1) is 12.6. The molecular formula is C20H26F3NO3. The number of hydrogen-bond donors (Lipinski definition) is 2. The molecule has 2 bridgehead atoms. The number of fused-ring (bicyclic) bond motifs is 2. The lowest BCUT2D eigenvalue weighted by molar-refractivity contribution is -0.192. The lowest BCUT2D eigenvalue weighted by Crippen LogP contribution is -2.42. The summed E-state index contributed by atoms with van der Waals surface area (Å²) in [4.78, 5) is 8.90. The van der Waals surface area contributed by atoms with Crippen LogP contribution >= 0.6 is 0 Å². The first kappa shape index (κ1) is 21.3. The molecule has 150 valence electrons. The molecule has 0 aliphatic carbocycles. The Balaban J connectivity index is 0.000000321. The molecule has 1 aromatic carbocycles. The van der Waals surface area contributed by atoms with Gasteiger partial charge < -0.3 is 15.2 Å². The Morgan fingerprint density at radius 2 is 1.70 bits per heavy atom. The van der Waals surface area contributed by atoms with Gasteiger partial charge in [0, 0.05) is 12.1 Å². The van der Waals surface area contributed by atoms with Gasteiger partial charge in [0.15, 0.2) is 0 Å². The van der Waals surface area contributed by atoms with Gasteiger partial charge in [-0.25, -0.2) is 4.79 Å². The molecule has 4 nitrogen and oxygen atoms in total. The number of alkyl halides is 3. The third-order valence-electron chi connectivity index (χ3n) is 4.53. The molecule has 7 heteroatoms. The molecule has 2 fully saturated rings. The number of ether oxygens (including phenoxy) is 1. The second-order valence-corrected chi connectivity index (χ2v) is 7.32. The predicted molar refractivity (Wildman–Crippen MR) is 97.6 cm³/mol. The Labute approximate surface area is 157 Å². The standard InChI is InChI=1S/C18H25NO.C2HF3O2/c1-13(2)3-4-14-5-9-17(10-6-14)20-18-11-15-7-8-16(12-18)19-15;3-2(4,5)1(6)7/h3-6,9-10,13,15-16,18-19H,7-8,11-12H2,1-2H3;(H,6,7)/b4-3+;/t15-,16+,18?;. The number of carbonyl (C=O) groups is 1. The summed E-state index contributed by atoms with van der Waals surface area (Å²) in [6, 6.07) is 9.86. The van der Waals surface area contributed by atoms with Crippen molar-refractivity contribution in [2.24, 2.45) is 5.92 Å². The molecule has 2 saturated heterocycles. The van der Waals surface area contributed by atoms with E-state index < -0.39 is 12.1 Å². The molecule has 2 N–H and O–H groups in total. The zero-order chi connectivity index (χ0) is 20.0. The maximum Gasteiger partial charge on any atom is 0.490 e. The number of aliphatic carboxylic acids is 1. The van der Waals surface area contributed by atoms with Gasteiger partial charge in [-0.05, 0) is 49.3 Å². The van der Waals surface area contributed by atoms with E-state index in [4.69, 9.17) is 14.6 Å². The lowest BCUT2D eigenvalue weighted by atomic mass is 10.0. The van der Waals surface area contributed by atoms with Crippen molar-refractivity contribution in [2.45, 2.75) is 63.9 Å². The van der Waals surface area contributed by atoms with Crippen LogP contribution in [0.15, 0.2) is 30.3 Å². The van der Waals surface area contributed by atoms with E-state index in [9.17, 15) is 13.2 Å². The van der Waals surface area contributed by atoms with Crippen molar-refractivity contribution in [3.63, 3.8) is 0 Å². The van der Waals surface area contributed by atoms with Gasteiger partial charge in [-0.2, -0.15) is 13.2 Å². The Hall–Kier alpha value is -2.02. The van der Waals surface area contributed by atoms with Gasteiger partial charge in [0.1, 0.15) is 11.9 Å². The predicted octanol–water partition coefficient (Wildman–Crippen LogP) is 4.65. The quantitative estimate of drug-likeness (QED) is 0.792. The Morgan fingerprint density at radius 3 is 2.15 bits per heavy atom. The van der Waals surface area contributed by atoms with Gasteiger partial charge in [0.2, 0.25) is 0 Å². The van der Waals surface area contributed by atoms with Crippen molar-refractivity contribution >= 4 is 12.0 Å². The normalized spacial score (nSPS) is 24.6. The van der Waals surface area contributed by atoms with Crippen molar-refractivity contribution < 1.29 is 27.8 Å². The Bertz CT molecular complexity index is 629. The summed E-state index contributed by atoms with van der Waals surface area (Å²) in [5.74, 6) is -1.15. The minimum atomic E-state index is -5.08. The molecule has 2 aliphatic heterocycles. The highest BCUT2D eigenvalue weighted by atomic mass is 19.4. The van der Waals surface area contributed by atoms with Gasteiger partial charge in [-0.15, -0.1) is 0 Å². The molecule has 0 spiro atoms. The van der Waals surface area contributed by atoms with Crippen LogP contribution in [0.5, 0.6) is 5.75 Å². The summed E-state index contributed by atoms with van der Waals surface area (Å²) in [5, 5.41) is 10.8. The molecule has 0 amide bonds. The molecule has 2 aliphatic rings. The third kappa shape index (κ3) is 7.25. The summed E-state index contributed by atoms with van der Waals surface area (Å²) in [6.07, 6.45) is 4.68. The first-order valence-corrected chi connectivity index (χ1v) is 9.14. The van der Waals surface area contributed by atoms with Crippen LogP contribution in [-0.2, 0) is 4.79 Å². The number of piperidine rings is 1. The van der Waals surface area contributed by atoms with Crippen LogP contribution in [0.4, 0.5) is 13.2 Å². The van der Waals surface area contributed by atoms with Crippen LogP contribution in [0.2, 0.25) is 0 Å². The summed E-state index contributed by atoms with van der Waals surface area (Å²) >= 11 is 0.